The highest BCUT2D eigenvalue weighted by molar-refractivity contribution is 7.88. The molecular formula is C16H23FN2O4S. The predicted molar refractivity (Wildman–Crippen MR) is 88.4 cm³/mol. The van der Waals surface area contributed by atoms with Crippen molar-refractivity contribution in [2.45, 2.75) is 32.1 Å². The van der Waals surface area contributed by atoms with Crippen LogP contribution in [-0.4, -0.2) is 55.5 Å². The lowest BCUT2D eigenvalue weighted by Crippen LogP contribution is -2.51. The van der Waals surface area contributed by atoms with E-state index in [-0.39, 0.29) is 31.9 Å². The van der Waals surface area contributed by atoms with Gasteiger partial charge in [-0.15, -0.1) is 0 Å². The van der Waals surface area contributed by atoms with Crippen LogP contribution in [0.15, 0.2) is 24.3 Å². The molecule has 6 nitrogen and oxygen atoms in total. The molecule has 24 heavy (non-hydrogen) atoms. The van der Waals surface area contributed by atoms with Crippen LogP contribution < -0.4 is 0 Å². The van der Waals surface area contributed by atoms with E-state index in [0.29, 0.717) is 5.56 Å². The van der Waals surface area contributed by atoms with Crippen LogP contribution in [-0.2, 0) is 20.5 Å². The van der Waals surface area contributed by atoms with Crippen molar-refractivity contribution in [3.05, 3.63) is 35.6 Å². The summed E-state index contributed by atoms with van der Waals surface area (Å²) in [5, 5.41) is 0. The fourth-order valence-electron chi connectivity index (χ4n) is 2.40. The Morgan fingerprint density at radius 2 is 1.83 bits per heavy atom. The van der Waals surface area contributed by atoms with Gasteiger partial charge >= 0.3 is 6.09 Å². The number of nitrogens with zero attached hydrogens (tertiary/aromatic N) is 2. The van der Waals surface area contributed by atoms with Crippen LogP contribution in [0.2, 0.25) is 0 Å². The maximum absolute atomic E-state index is 13.2. The molecule has 1 heterocycles. The number of sulfonamides is 1. The van der Waals surface area contributed by atoms with Crippen molar-refractivity contribution in [3.8, 4) is 0 Å². The molecular weight excluding hydrogens is 335 g/mol. The highest BCUT2D eigenvalue weighted by Gasteiger charge is 2.31. The molecule has 0 atom stereocenters. The molecule has 1 saturated heterocycles. The minimum absolute atomic E-state index is 0.205. The first-order chi connectivity index (χ1) is 11.1. The first-order valence-corrected chi connectivity index (χ1v) is 9.38. The van der Waals surface area contributed by atoms with Gasteiger partial charge in [0.2, 0.25) is 10.0 Å². The van der Waals surface area contributed by atoms with Crippen molar-refractivity contribution in [1.82, 2.24) is 9.21 Å². The molecule has 0 unspecified atom stereocenters. The molecule has 1 amide bonds. The van der Waals surface area contributed by atoms with Crippen molar-refractivity contribution >= 4 is 16.1 Å². The van der Waals surface area contributed by atoms with Gasteiger partial charge in [0.1, 0.15) is 11.4 Å². The predicted octanol–water partition coefficient (Wildman–Crippen LogP) is 2.21. The number of carbonyl (C=O) groups is 1. The Bertz CT molecular complexity index is 692. The Morgan fingerprint density at radius 1 is 1.21 bits per heavy atom. The van der Waals surface area contributed by atoms with Gasteiger partial charge in [0, 0.05) is 26.2 Å². The van der Waals surface area contributed by atoms with E-state index >= 15 is 0 Å². The van der Waals surface area contributed by atoms with Crippen molar-refractivity contribution in [2.24, 2.45) is 0 Å². The summed E-state index contributed by atoms with van der Waals surface area (Å²) in [7, 11) is -3.55. The lowest BCUT2D eigenvalue weighted by atomic mass is 10.2. The largest absolute Gasteiger partial charge is 0.444 e. The zero-order valence-electron chi connectivity index (χ0n) is 14.2. The summed E-state index contributed by atoms with van der Waals surface area (Å²) in [5.41, 5.74) is -0.179. The Balaban J connectivity index is 1.94. The van der Waals surface area contributed by atoms with Gasteiger partial charge in [0.05, 0.1) is 5.75 Å². The minimum atomic E-state index is -3.55. The summed E-state index contributed by atoms with van der Waals surface area (Å²) in [5.74, 6) is -0.713. The summed E-state index contributed by atoms with van der Waals surface area (Å²) in [6.45, 7) is 6.31. The molecule has 1 fully saturated rings. The Hall–Kier alpha value is -1.67. The van der Waals surface area contributed by atoms with Crippen LogP contribution in [0.3, 0.4) is 0 Å². The number of rotatable bonds is 3. The fourth-order valence-corrected chi connectivity index (χ4v) is 3.91. The summed E-state index contributed by atoms with van der Waals surface area (Å²) < 4.78 is 44.7. The van der Waals surface area contributed by atoms with Crippen LogP contribution in [0.4, 0.5) is 9.18 Å². The molecule has 8 heteroatoms. The molecule has 0 spiro atoms. The molecule has 0 radical (unpaired) electrons. The fraction of sp³-hybridized carbons (Fsp3) is 0.562. The van der Waals surface area contributed by atoms with Crippen molar-refractivity contribution in [1.29, 1.82) is 0 Å². The van der Waals surface area contributed by atoms with E-state index in [1.165, 1.54) is 27.4 Å². The number of halogens is 1. The third kappa shape index (κ3) is 5.17. The third-order valence-corrected chi connectivity index (χ3v) is 5.37. The smallest absolute Gasteiger partial charge is 0.410 e. The van der Waals surface area contributed by atoms with E-state index in [4.69, 9.17) is 4.74 Å². The summed E-state index contributed by atoms with van der Waals surface area (Å²) >= 11 is 0. The van der Waals surface area contributed by atoms with Gasteiger partial charge in [0.25, 0.3) is 0 Å². The second kappa shape index (κ2) is 7.06. The molecule has 0 bridgehead atoms. The standard InChI is InChI=1S/C16H23FN2O4S/c1-16(2,3)23-15(20)18-7-9-19(10-8-18)24(21,22)12-13-5-4-6-14(17)11-13/h4-6,11H,7-10,12H2,1-3H3. The number of piperazine rings is 1. The normalized spacial score (nSPS) is 16.9. The van der Waals surface area contributed by atoms with Crippen molar-refractivity contribution in [3.63, 3.8) is 0 Å². The zero-order chi connectivity index (χ0) is 18.0. The molecule has 1 aliphatic heterocycles. The molecule has 1 aliphatic rings. The average molecular weight is 358 g/mol. The van der Waals surface area contributed by atoms with Crippen LogP contribution in [0.5, 0.6) is 0 Å². The van der Waals surface area contributed by atoms with Gasteiger partial charge in [-0.05, 0) is 38.5 Å². The number of hydrogen-bond acceptors (Lipinski definition) is 4. The second-order valence-electron chi connectivity index (χ2n) is 6.75. The Kier molecular flexibility index (Phi) is 5.49. The maximum Gasteiger partial charge on any atom is 0.410 e. The Morgan fingerprint density at radius 3 is 2.38 bits per heavy atom. The molecule has 1 aromatic rings. The monoisotopic (exact) mass is 358 g/mol. The van der Waals surface area contributed by atoms with Gasteiger partial charge in [-0.3, -0.25) is 0 Å². The zero-order valence-corrected chi connectivity index (χ0v) is 15.0. The summed E-state index contributed by atoms with van der Waals surface area (Å²) in [4.78, 5) is 13.5. The first kappa shape index (κ1) is 18.7. The van der Waals surface area contributed by atoms with E-state index in [2.05, 4.69) is 0 Å². The summed E-state index contributed by atoms with van der Waals surface area (Å²) in [6.07, 6.45) is -0.440. The average Bonchev–Trinajstić information content (AvgIpc) is 2.45. The first-order valence-electron chi connectivity index (χ1n) is 7.77. The molecule has 0 saturated carbocycles. The van der Waals surface area contributed by atoms with Gasteiger partial charge < -0.3 is 9.64 Å². The van der Waals surface area contributed by atoms with Crippen LogP contribution in [0.1, 0.15) is 26.3 Å². The highest BCUT2D eigenvalue weighted by Crippen LogP contribution is 2.16. The number of ether oxygens (including phenoxy) is 1. The summed E-state index contributed by atoms with van der Waals surface area (Å²) in [6, 6.07) is 5.56. The van der Waals surface area contributed by atoms with Crippen molar-refractivity contribution in [2.75, 3.05) is 26.2 Å². The Labute approximate surface area is 142 Å². The van der Waals surface area contributed by atoms with Gasteiger partial charge in [-0.25, -0.2) is 17.6 Å². The van der Waals surface area contributed by atoms with E-state index < -0.39 is 27.5 Å². The van der Waals surface area contributed by atoms with E-state index in [0.717, 1.165) is 0 Å². The lowest BCUT2D eigenvalue weighted by Gasteiger charge is -2.35. The molecule has 1 aromatic carbocycles. The van der Waals surface area contributed by atoms with E-state index in [1.54, 1.807) is 26.8 Å². The second-order valence-corrected chi connectivity index (χ2v) is 8.72. The maximum atomic E-state index is 13.2. The minimum Gasteiger partial charge on any atom is -0.444 e. The lowest BCUT2D eigenvalue weighted by molar-refractivity contribution is 0.0192. The number of carbonyl (C=O) groups excluding carboxylic acids is 1. The quantitative estimate of drug-likeness (QED) is 0.831. The van der Waals surface area contributed by atoms with Gasteiger partial charge in [-0.1, -0.05) is 12.1 Å². The third-order valence-electron chi connectivity index (χ3n) is 3.52. The van der Waals surface area contributed by atoms with E-state index in [9.17, 15) is 17.6 Å². The molecule has 0 N–H and O–H groups in total. The molecule has 134 valence electrons. The van der Waals surface area contributed by atoms with Gasteiger partial charge in [-0.2, -0.15) is 4.31 Å². The number of amides is 1. The highest BCUT2D eigenvalue weighted by atomic mass is 32.2. The van der Waals surface area contributed by atoms with Crippen LogP contribution in [0.25, 0.3) is 0 Å². The van der Waals surface area contributed by atoms with E-state index in [1.807, 2.05) is 0 Å². The molecule has 2 rings (SSSR count). The van der Waals surface area contributed by atoms with Crippen LogP contribution in [0, 0.1) is 5.82 Å². The number of benzene rings is 1. The molecule has 0 aromatic heterocycles. The SMILES string of the molecule is CC(C)(C)OC(=O)N1CCN(S(=O)(=O)Cc2cccc(F)c2)CC1. The molecule has 0 aliphatic carbocycles. The van der Waals surface area contributed by atoms with Crippen LogP contribution >= 0.6 is 0 Å². The van der Waals surface area contributed by atoms with Crippen molar-refractivity contribution < 1.29 is 22.3 Å². The number of hydrogen-bond donors (Lipinski definition) is 0. The van der Waals surface area contributed by atoms with Gasteiger partial charge in [0.15, 0.2) is 0 Å². The topological polar surface area (TPSA) is 66.9 Å².